The lowest BCUT2D eigenvalue weighted by atomic mass is 10.1. The van der Waals surface area contributed by atoms with Gasteiger partial charge in [-0.15, -0.1) is 0 Å². The summed E-state index contributed by atoms with van der Waals surface area (Å²) in [6, 6.07) is 2.97. The van der Waals surface area contributed by atoms with Crippen molar-refractivity contribution in [1.29, 1.82) is 0 Å². The zero-order valence-corrected chi connectivity index (χ0v) is 20.3. The summed E-state index contributed by atoms with van der Waals surface area (Å²) in [5.41, 5.74) is 0.108. The molecule has 11 heteroatoms. The van der Waals surface area contributed by atoms with E-state index in [0.29, 0.717) is 6.54 Å². The van der Waals surface area contributed by atoms with E-state index in [-0.39, 0.29) is 55.5 Å². The van der Waals surface area contributed by atoms with Gasteiger partial charge in [0.2, 0.25) is 11.8 Å². The molecule has 1 aromatic carbocycles. The molecule has 10 nitrogen and oxygen atoms in total. The van der Waals surface area contributed by atoms with Gasteiger partial charge in [0.05, 0.1) is 11.6 Å². The summed E-state index contributed by atoms with van der Waals surface area (Å²) >= 11 is 0. The minimum Gasteiger partial charge on any atom is -0.491 e. The average Bonchev–Trinajstić information content (AvgIpc) is 3.26. The highest BCUT2D eigenvalue weighted by Crippen LogP contribution is 2.27. The Hall–Kier alpha value is -2.76. The van der Waals surface area contributed by atoms with Crippen molar-refractivity contribution in [1.82, 2.24) is 25.3 Å². The molecule has 0 saturated carbocycles. The van der Waals surface area contributed by atoms with E-state index < -0.39 is 23.7 Å². The standard InChI is InChI=1S/C24H34FN5O5/c1-28-7-9-29(10-8-28)17-12-18-14-35-21-4-3-16(25)11-19(21)23(32)26-6-5-20(24(33)30(18)13-17)27-22(31)15-34-2/h3-4,11,17-18,20H,5-10,12-15H2,1-2H3,(H,26,32)(H,27,31)/t17-,18-,20-/m0/s1. The van der Waals surface area contributed by atoms with Gasteiger partial charge in [0.15, 0.2) is 0 Å². The second-order valence-corrected chi connectivity index (χ2v) is 9.42. The third-order valence-electron chi connectivity index (χ3n) is 6.97. The highest BCUT2D eigenvalue weighted by Gasteiger charge is 2.41. The summed E-state index contributed by atoms with van der Waals surface area (Å²) < 4.78 is 24.8. The van der Waals surface area contributed by atoms with Crippen LogP contribution in [0.2, 0.25) is 0 Å². The summed E-state index contributed by atoms with van der Waals surface area (Å²) in [6.07, 6.45) is 0.921. The maximum atomic E-state index is 13.9. The van der Waals surface area contributed by atoms with Crippen molar-refractivity contribution < 1.29 is 28.2 Å². The van der Waals surface area contributed by atoms with Gasteiger partial charge in [0.25, 0.3) is 5.91 Å². The fraction of sp³-hybridized carbons (Fsp3) is 0.625. The van der Waals surface area contributed by atoms with Crippen LogP contribution in [0.15, 0.2) is 18.2 Å². The van der Waals surface area contributed by atoms with Gasteiger partial charge in [-0.1, -0.05) is 0 Å². The zero-order valence-electron chi connectivity index (χ0n) is 20.3. The third kappa shape index (κ3) is 6.09. The molecule has 192 valence electrons. The second-order valence-electron chi connectivity index (χ2n) is 9.42. The van der Waals surface area contributed by atoms with Gasteiger partial charge in [0.1, 0.15) is 30.8 Å². The monoisotopic (exact) mass is 491 g/mol. The zero-order chi connectivity index (χ0) is 24.9. The van der Waals surface area contributed by atoms with E-state index >= 15 is 0 Å². The van der Waals surface area contributed by atoms with Gasteiger partial charge in [-0.05, 0) is 38.1 Å². The molecule has 0 radical (unpaired) electrons. The van der Waals surface area contributed by atoms with Crippen LogP contribution < -0.4 is 15.4 Å². The Balaban J connectivity index is 1.59. The largest absolute Gasteiger partial charge is 0.491 e. The lowest BCUT2D eigenvalue weighted by molar-refractivity contribution is -0.138. The Kier molecular flexibility index (Phi) is 8.19. The predicted molar refractivity (Wildman–Crippen MR) is 126 cm³/mol. The molecule has 3 atom stereocenters. The molecule has 2 N–H and O–H groups in total. The number of methoxy groups -OCH3 is 1. The minimum atomic E-state index is -0.821. The van der Waals surface area contributed by atoms with Crippen LogP contribution in [-0.4, -0.2) is 117 Å². The average molecular weight is 492 g/mol. The van der Waals surface area contributed by atoms with Gasteiger partial charge in [-0.3, -0.25) is 19.3 Å². The number of piperazine rings is 1. The molecular weight excluding hydrogens is 457 g/mol. The van der Waals surface area contributed by atoms with Gasteiger partial charge < -0.3 is 29.9 Å². The summed E-state index contributed by atoms with van der Waals surface area (Å²) in [7, 11) is 3.51. The van der Waals surface area contributed by atoms with Crippen LogP contribution in [0.5, 0.6) is 5.75 Å². The topological polar surface area (TPSA) is 103 Å². The van der Waals surface area contributed by atoms with E-state index in [2.05, 4.69) is 27.5 Å². The van der Waals surface area contributed by atoms with Gasteiger partial charge in [-0.2, -0.15) is 0 Å². The Morgan fingerprint density at radius 2 is 2.00 bits per heavy atom. The van der Waals surface area contributed by atoms with Crippen molar-refractivity contribution in [2.75, 3.05) is 66.6 Å². The van der Waals surface area contributed by atoms with Crippen molar-refractivity contribution in [2.45, 2.75) is 31.0 Å². The van der Waals surface area contributed by atoms with Gasteiger partial charge in [-0.25, -0.2) is 4.39 Å². The van der Waals surface area contributed by atoms with E-state index in [1.165, 1.54) is 19.2 Å². The number of benzene rings is 1. The minimum absolute atomic E-state index is 0.108. The predicted octanol–water partition coefficient (Wildman–Crippen LogP) is -0.314. The maximum absolute atomic E-state index is 13.9. The Morgan fingerprint density at radius 3 is 2.74 bits per heavy atom. The van der Waals surface area contributed by atoms with E-state index in [1.807, 2.05) is 0 Å². The molecule has 1 aromatic rings. The molecule has 0 spiro atoms. The molecule has 35 heavy (non-hydrogen) atoms. The van der Waals surface area contributed by atoms with E-state index in [1.54, 1.807) is 4.90 Å². The molecule has 2 fully saturated rings. The maximum Gasteiger partial charge on any atom is 0.255 e. The number of carbonyl (C=O) groups excluding carboxylic acids is 3. The highest BCUT2D eigenvalue weighted by atomic mass is 19.1. The summed E-state index contributed by atoms with van der Waals surface area (Å²) in [4.78, 5) is 45.1. The number of carbonyl (C=O) groups is 3. The molecule has 4 rings (SSSR count). The Morgan fingerprint density at radius 1 is 1.23 bits per heavy atom. The SMILES string of the molecule is COCC(=O)N[C@H]1CCNC(=O)c2cc(F)ccc2OC[C@@H]2C[C@H](N3CCN(C)CC3)CN2C1=O. The van der Waals surface area contributed by atoms with E-state index in [9.17, 15) is 18.8 Å². The number of likely N-dealkylation sites (N-methyl/N-ethyl adjacent to an activating group) is 1. The molecule has 3 aliphatic rings. The van der Waals surface area contributed by atoms with Crippen molar-refractivity contribution >= 4 is 17.7 Å². The molecule has 3 heterocycles. The molecule has 0 aromatic heterocycles. The second kappa shape index (κ2) is 11.3. The van der Waals surface area contributed by atoms with Crippen molar-refractivity contribution in [2.24, 2.45) is 0 Å². The van der Waals surface area contributed by atoms with Crippen molar-refractivity contribution in [3.05, 3.63) is 29.6 Å². The number of fused-ring (bicyclic) bond motifs is 2. The van der Waals surface area contributed by atoms with Crippen LogP contribution in [-0.2, 0) is 14.3 Å². The molecule has 3 aliphatic heterocycles. The van der Waals surface area contributed by atoms with Crippen LogP contribution in [0, 0.1) is 5.82 Å². The summed E-state index contributed by atoms with van der Waals surface area (Å²) in [5.74, 6) is -1.35. The third-order valence-corrected chi connectivity index (χ3v) is 6.97. The molecule has 2 saturated heterocycles. The van der Waals surface area contributed by atoms with Crippen molar-refractivity contribution in [3.63, 3.8) is 0 Å². The first-order valence-electron chi connectivity index (χ1n) is 12.1. The summed E-state index contributed by atoms with van der Waals surface area (Å²) in [5, 5.41) is 5.46. The number of halogens is 1. The van der Waals surface area contributed by atoms with Gasteiger partial charge >= 0.3 is 0 Å². The lowest BCUT2D eigenvalue weighted by Gasteiger charge is -2.36. The fourth-order valence-electron chi connectivity index (χ4n) is 5.01. The summed E-state index contributed by atoms with van der Waals surface area (Å²) in [6.45, 7) is 4.44. The number of ether oxygens (including phenoxy) is 2. The number of hydrogen-bond acceptors (Lipinski definition) is 7. The number of amides is 3. The number of hydrogen-bond donors (Lipinski definition) is 2. The van der Waals surface area contributed by atoms with Crippen molar-refractivity contribution in [3.8, 4) is 5.75 Å². The molecule has 0 aliphatic carbocycles. The molecule has 3 amide bonds. The van der Waals surface area contributed by atoms with Crippen LogP contribution >= 0.6 is 0 Å². The lowest BCUT2D eigenvalue weighted by Crippen LogP contribution is -2.54. The van der Waals surface area contributed by atoms with Gasteiger partial charge in [0, 0.05) is 52.4 Å². The number of nitrogens with zero attached hydrogens (tertiary/aromatic N) is 3. The van der Waals surface area contributed by atoms with E-state index in [0.717, 1.165) is 38.7 Å². The normalized spacial score (nSPS) is 26.6. The van der Waals surface area contributed by atoms with Crippen LogP contribution in [0.3, 0.4) is 0 Å². The molecular formula is C24H34FN5O5. The Labute approximate surface area is 204 Å². The first kappa shape index (κ1) is 25.3. The number of nitrogens with one attached hydrogen (secondary N) is 2. The van der Waals surface area contributed by atoms with Crippen LogP contribution in [0.25, 0.3) is 0 Å². The van der Waals surface area contributed by atoms with Crippen LogP contribution in [0.4, 0.5) is 4.39 Å². The highest BCUT2D eigenvalue weighted by molar-refractivity contribution is 5.97. The first-order valence-corrected chi connectivity index (χ1v) is 12.1. The van der Waals surface area contributed by atoms with E-state index in [4.69, 9.17) is 9.47 Å². The molecule has 0 bridgehead atoms. The fourth-order valence-corrected chi connectivity index (χ4v) is 5.01. The smallest absolute Gasteiger partial charge is 0.255 e. The van der Waals surface area contributed by atoms with Crippen LogP contribution in [0.1, 0.15) is 23.2 Å². The Bertz CT molecular complexity index is 939. The first-order chi connectivity index (χ1) is 16.9. The number of rotatable bonds is 4. The molecule has 0 unspecified atom stereocenters. The quantitative estimate of drug-likeness (QED) is 0.596.